The predicted molar refractivity (Wildman–Crippen MR) is 54.2 cm³/mol. The lowest BCUT2D eigenvalue weighted by Crippen LogP contribution is -2.34. The molecular weight excluding hydrogens is 288 g/mol. The van der Waals surface area contributed by atoms with Crippen LogP contribution in [0.15, 0.2) is 16.6 Å². The van der Waals surface area contributed by atoms with Crippen molar-refractivity contribution >= 4 is 21.8 Å². The number of carbonyl (C=O) groups excluding carboxylic acids is 1. The van der Waals surface area contributed by atoms with Crippen molar-refractivity contribution in [3.8, 4) is 0 Å². The quantitative estimate of drug-likeness (QED) is 0.714. The molecule has 1 rings (SSSR count). The monoisotopic (exact) mass is 295 g/mol. The first-order chi connectivity index (χ1) is 7.34. The number of benzene rings is 1. The van der Waals surface area contributed by atoms with Crippen LogP contribution in [0.25, 0.3) is 0 Å². The molecule has 0 spiro atoms. The fourth-order valence-electron chi connectivity index (χ4n) is 1.09. The van der Waals surface area contributed by atoms with Gasteiger partial charge < -0.3 is 15.9 Å². The highest BCUT2D eigenvalue weighted by Gasteiger charge is 2.26. The highest BCUT2D eigenvalue weighted by atomic mass is 79.9. The van der Waals surface area contributed by atoms with E-state index in [4.69, 9.17) is 10.8 Å². The van der Waals surface area contributed by atoms with Crippen LogP contribution in [-0.2, 0) is 4.79 Å². The van der Waals surface area contributed by atoms with Crippen LogP contribution in [-0.4, -0.2) is 22.2 Å². The average molecular weight is 296 g/mol. The van der Waals surface area contributed by atoms with Crippen molar-refractivity contribution in [3.05, 3.63) is 33.8 Å². The maximum absolute atomic E-state index is 13.3. The second kappa shape index (κ2) is 4.86. The topological polar surface area (TPSA) is 83.6 Å². The maximum atomic E-state index is 13.3. The third kappa shape index (κ3) is 2.55. The molecule has 7 heteroatoms. The van der Waals surface area contributed by atoms with Crippen LogP contribution >= 0.6 is 15.9 Å². The number of primary amides is 1. The van der Waals surface area contributed by atoms with Crippen LogP contribution in [0.2, 0.25) is 0 Å². The van der Waals surface area contributed by atoms with Gasteiger partial charge in [0.15, 0.2) is 6.10 Å². The van der Waals surface area contributed by atoms with Crippen LogP contribution in [0, 0.1) is 11.6 Å². The van der Waals surface area contributed by atoms with Gasteiger partial charge in [-0.25, -0.2) is 8.78 Å². The van der Waals surface area contributed by atoms with E-state index < -0.39 is 35.3 Å². The maximum Gasteiger partial charge on any atom is 0.249 e. The van der Waals surface area contributed by atoms with Crippen molar-refractivity contribution in [2.45, 2.75) is 12.2 Å². The molecule has 0 aliphatic rings. The molecule has 0 saturated carbocycles. The summed E-state index contributed by atoms with van der Waals surface area (Å²) in [6, 6.07) is 1.46. The Morgan fingerprint density at radius 1 is 1.31 bits per heavy atom. The zero-order chi connectivity index (χ0) is 12.5. The Morgan fingerprint density at radius 2 is 1.88 bits per heavy atom. The highest BCUT2D eigenvalue weighted by Crippen LogP contribution is 2.25. The molecule has 0 saturated heterocycles. The van der Waals surface area contributed by atoms with Crippen molar-refractivity contribution in [1.29, 1.82) is 0 Å². The van der Waals surface area contributed by atoms with Crippen molar-refractivity contribution < 1.29 is 23.8 Å². The molecule has 2 unspecified atom stereocenters. The smallest absolute Gasteiger partial charge is 0.249 e. The van der Waals surface area contributed by atoms with Gasteiger partial charge in [-0.1, -0.05) is 0 Å². The number of nitrogens with two attached hydrogens (primary N) is 1. The van der Waals surface area contributed by atoms with Gasteiger partial charge in [0, 0.05) is 5.56 Å². The number of hydrogen-bond acceptors (Lipinski definition) is 3. The molecule has 2 atom stereocenters. The summed E-state index contributed by atoms with van der Waals surface area (Å²) in [6.45, 7) is 0. The van der Waals surface area contributed by atoms with Gasteiger partial charge in [-0.05, 0) is 28.1 Å². The molecule has 0 aliphatic carbocycles. The molecule has 1 aromatic rings. The van der Waals surface area contributed by atoms with Gasteiger partial charge in [0.25, 0.3) is 0 Å². The van der Waals surface area contributed by atoms with Gasteiger partial charge >= 0.3 is 0 Å². The molecule has 1 aromatic carbocycles. The number of hydrogen-bond donors (Lipinski definition) is 3. The van der Waals surface area contributed by atoms with Gasteiger partial charge in [-0.2, -0.15) is 0 Å². The molecule has 4 N–H and O–H groups in total. The Labute approximate surface area is 97.8 Å². The van der Waals surface area contributed by atoms with E-state index in [0.29, 0.717) is 6.07 Å². The first kappa shape index (κ1) is 13.0. The number of rotatable bonds is 3. The Bertz CT molecular complexity index is 427. The van der Waals surface area contributed by atoms with Crippen molar-refractivity contribution in [3.63, 3.8) is 0 Å². The summed E-state index contributed by atoms with van der Waals surface area (Å²) in [7, 11) is 0. The fourth-order valence-corrected chi connectivity index (χ4v) is 1.41. The summed E-state index contributed by atoms with van der Waals surface area (Å²) in [5.74, 6) is -3.01. The predicted octanol–water partition coefficient (Wildman–Crippen LogP) is 0.607. The van der Waals surface area contributed by atoms with E-state index in [1.165, 1.54) is 0 Å². The standard InChI is InChI=1S/C9H8BrF2NO3/c10-4-2-5(11)3(1-6(4)12)7(14)8(15)9(13)16/h1-2,7-8,14-15H,(H2,13,16). The van der Waals surface area contributed by atoms with E-state index in [0.717, 1.165) is 6.07 Å². The summed E-state index contributed by atoms with van der Waals surface area (Å²) in [6.07, 6.45) is -3.89. The van der Waals surface area contributed by atoms with Crippen molar-refractivity contribution in [2.75, 3.05) is 0 Å². The van der Waals surface area contributed by atoms with Crippen LogP contribution in [0.4, 0.5) is 8.78 Å². The summed E-state index contributed by atoms with van der Waals surface area (Å²) in [5.41, 5.74) is 4.18. The number of amides is 1. The second-order valence-electron chi connectivity index (χ2n) is 3.08. The Balaban J connectivity index is 3.13. The first-order valence-electron chi connectivity index (χ1n) is 4.14. The summed E-state index contributed by atoms with van der Waals surface area (Å²) < 4.78 is 26.2. The van der Waals surface area contributed by atoms with E-state index in [-0.39, 0.29) is 4.47 Å². The third-order valence-corrected chi connectivity index (χ3v) is 2.56. The normalized spacial score (nSPS) is 14.6. The molecule has 0 fully saturated rings. The van der Waals surface area contributed by atoms with E-state index in [9.17, 15) is 18.7 Å². The Morgan fingerprint density at radius 3 is 2.38 bits per heavy atom. The molecule has 0 aliphatic heterocycles. The first-order valence-corrected chi connectivity index (χ1v) is 4.93. The zero-order valence-corrected chi connectivity index (χ0v) is 9.41. The number of aliphatic hydroxyl groups is 2. The number of carbonyl (C=O) groups is 1. The summed E-state index contributed by atoms with van der Waals surface area (Å²) in [5, 5.41) is 18.5. The Hall–Kier alpha value is -1.05. The van der Waals surface area contributed by atoms with E-state index in [2.05, 4.69) is 15.9 Å². The lowest BCUT2D eigenvalue weighted by atomic mass is 10.0. The summed E-state index contributed by atoms with van der Waals surface area (Å²) in [4.78, 5) is 10.6. The van der Waals surface area contributed by atoms with E-state index in [1.807, 2.05) is 0 Å². The second-order valence-corrected chi connectivity index (χ2v) is 3.93. The van der Waals surface area contributed by atoms with Crippen LogP contribution < -0.4 is 5.73 Å². The fraction of sp³-hybridized carbons (Fsp3) is 0.222. The minimum absolute atomic E-state index is 0.130. The largest absolute Gasteiger partial charge is 0.385 e. The molecule has 4 nitrogen and oxygen atoms in total. The van der Waals surface area contributed by atoms with Gasteiger partial charge in [0.2, 0.25) is 5.91 Å². The number of aliphatic hydroxyl groups excluding tert-OH is 2. The van der Waals surface area contributed by atoms with E-state index in [1.54, 1.807) is 0 Å². The molecule has 0 aromatic heterocycles. The highest BCUT2D eigenvalue weighted by molar-refractivity contribution is 9.10. The SMILES string of the molecule is NC(=O)C(O)C(O)c1cc(F)c(Br)cc1F. The lowest BCUT2D eigenvalue weighted by Gasteiger charge is -2.16. The molecular formula is C9H8BrF2NO3. The van der Waals surface area contributed by atoms with Crippen LogP contribution in [0.3, 0.4) is 0 Å². The minimum atomic E-state index is -1.99. The molecule has 1 amide bonds. The lowest BCUT2D eigenvalue weighted by molar-refractivity contribution is -0.132. The van der Waals surface area contributed by atoms with Gasteiger partial charge in [0.05, 0.1) is 4.47 Å². The van der Waals surface area contributed by atoms with Crippen molar-refractivity contribution in [1.82, 2.24) is 0 Å². The zero-order valence-electron chi connectivity index (χ0n) is 7.82. The van der Waals surface area contributed by atoms with Crippen LogP contribution in [0.1, 0.15) is 11.7 Å². The van der Waals surface area contributed by atoms with Gasteiger partial charge in [0.1, 0.15) is 17.7 Å². The number of halogens is 3. The molecule has 0 bridgehead atoms. The van der Waals surface area contributed by atoms with Crippen LogP contribution in [0.5, 0.6) is 0 Å². The molecule has 16 heavy (non-hydrogen) atoms. The molecule has 0 heterocycles. The molecule has 88 valence electrons. The molecule has 0 radical (unpaired) electrons. The summed E-state index contributed by atoms with van der Waals surface area (Å²) >= 11 is 2.74. The van der Waals surface area contributed by atoms with E-state index >= 15 is 0 Å². The van der Waals surface area contributed by atoms with Gasteiger partial charge in [-0.15, -0.1) is 0 Å². The Kier molecular flexibility index (Phi) is 3.95. The average Bonchev–Trinajstić information content (AvgIpc) is 2.21. The van der Waals surface area contributed by atoms with Gasteiger partial charge in [-0.3, -0.25) is 4.79 Å². The third-order valence-electron chi connectivity index (χ3n) is 1.95. The minimum Gasteiger partial charge on any atom is -0.385 e. The van der Waals surface area contributed by atoms with Crippen molar-refractivity contribution in [2.24, 2.45) is 5.73 Å².